The lowest BCUT2D eigenvalue weighted by Gasteiger charge is -2.25. The molecular weight excluding hydrogens is 338 g/mol. The lowest BCUT2D eigenvalue weighted by atomic mass is 10.2. The van der Waals surface area contributed by atoms with E-state index in [4.69, 9.17) is 4.74 Å². The lowest BCUT2D eigenvalue weighted by Crippen LogP contribution is -2.35. The van der Waals surface area contributed by atoms with Gasteiger partial charge < -0.3 is 10.1 Å². The first-order valence-corrected chi connectivity index (χ1v) is 9.98. The van der Waals surface area contributed by atoms with Crippen LogP contribution in [0.2, 0.25) is 0 Å². The fraction of sp³-hybridized carbons (Fsp3) is 0.389. The molecule has 0 radical (unpaired) electrons. The molecule has 0 aliphatic carbocycles. The molecule has 1 aromatic carbocycles. The Labute approximate surface area is 148 Å². The van der Waals surface area contributed by atoms with Crippen molar-refractivity contribution >= 4 is 15.8 Å². The van der Waals surface area contributed by atoms with Crippen molar-refractivity contribution in [3.05, 3.63) is 48.7 Å². The monoisotopic (exact) mass is 361 g/mol. The van der Waals surface area contributed by atoms with Crippen LogP contribution in [0.15, 0.2) is 53.6 Å². The summed E-state index contributed by atoms with van der Waals surface area (Å²) < 4.78 is 32.3. The number of nitrogens with one attached hydrogen (secondary N) is 1. The number of nitrogens with zero attached hydrogens (tertiary/aromatic N) is 2. The van der Waals surface area contributed by atoms with E-state index in [1.165, 1.54) is 6.20 Å². The maximum atomic E-state index is 12.6. The molecule has 3 rings (SSSR count). The van der Waals surface area contributed by atoms with Gasteiger partial charge in [0.05, 0.1) is 6.54 Å². The van der Waals surface area contributed by atoms with E-state index in [9.17, 15) is 8.42 Å². The first-order chi connectivity index (χ1) is 12.2. The Balaban J connectivity index is 1.51. The molecule has 1 saturated heterocycles. The van der Waals surface area contributed by atoms with Crippen molar-refractivity contribution < 1.29 is 13.2 Å². The number of hydrogen-bond donors (Lipinski definition) is 1. The summed E-state index contributed by atoms with van der Waals surface area (Å²) >= 11 is 0. The first-order valence-electron chi connectivity index (χ1n) is 8.54. The molecule has 6 nitrogen and oxygen atoms in total. The minimum atomic E-state index is -3.42. The number of para-hydroxylation sites is 1. The van der Waals surface area contributed by atoms with Crippen LogP contribution in [0.1, 0.15) is 19.3 Å². The number of ether oxygens (including phenoxy) is 1. The second-order valence-corrected chi connectivity index (χ2v) is 7.87. The van der Waals surface area contributed by atoms with Crippen LogP contribution in [0.4, 0.5) is 5.82 Å². The van der Waals surface area contributed by atoms with Gasteiger partial charge in [0.15, 0.2) is 0 Å². The number of sulfonamides is 1. The molecule has 1 fully saturated rings. The van der Waals surface area contributed by atoms with Gasteiger partial charge in [-0.3, -0.25) is 0 Å². The quantitative estimate of drug-likeness (QED) is 0.768. The molecule has 0 spiro atoms. The summed E-state index contributed by atoms with van der Waals surface area (Å²) in [5.41, 5.74) is 0. The van der Waals surface area contributed by atoms with Crippen molar-refractivity contribution in [1.29, 1.82) is 0 Å². The van der Waals surface area contributed by atoms with Crippen molar-refractivity contribution in [2.75, 3.05) is 31.6 Å². The van der Waals surface area contributed by atoms with Crippen LogP contribution < -0.4 is 10.1 Å². The van der Waals surface area contributed by atoms with Gasteiger partial charge in [0.1, 0.15) is 23.1 Å². The summed E-state index contributed by atoms with van der Waals surface area (Å²) in [7, 11) is -3.42. The van der Waals surface area contributed by atoms with Crippen molar-refractivity contribution in [1.82, 2.24) is 9.29 Å². The molecule has 1 aliphatic rings. The van der Waals surface area contributed by atoms with Crippen LogP contribution in [0, 0.1) is 0 Å². The predicted molar refractivity (Wildman–Crippen MR) is 97.3 cm³/mol. The maximum Gasteiger partial charge on any atom is 0.244 e. The van der Waals surface area contributed by atoms with Gasteiger partial charge in [-0.1, -0.05) is 24.6 Å². The van der Waals surface area contributed by atoms with E-state index < -0.39 is 10.0 Å². The Morgan fingerprint density at radius 2 is 1.80 bits per heavy atom. The number of anilines is 1. The van der Waals surface area contributed by atoms with Gasteiger partial charge in [-0.25, -0.2) is 13.4 Å². The average molecular weight is 361 g/mol. The zero-order valence-corrected chi connectivity index (χ0v) is 14.9. The van der Waals surface area contributed by atoms with Gasteiger partial charge in [-0.2, -0.15) is 4.31 Å². The molecule has 2 heterocycles. The zero-order chi connectivity index (χ0) is 17.5. The van der Waals surface area contributed by atoms with Gasteiger partial charge in [-0.05, 0) is 37.1 Å². The maximum absolute atomic E-state index is 12.6. The Morgan fingerprint density at radius 1 is 1.04 bits per heavy atom. The topological polar surface area (TPSA) is 71.5 Å². The van der Waals surface area contributed by atoms with E-state index in [1.807, 2.05) is 30.3 Å². The summed E-state index contributed by atoms with van der Waals surface area (Å²) in [5.74, 6) is 1.45. The SMILES string of the molecule is O=S(=O)(c1ccc(NCCOc2ccccc2)nc1)N1CCCCC1. The first kappa shape index (κ1) is 17.7. The fourth-order valence-corrected chi connectivity index (χ4v) is 4.22. The highest BCUT2D eigenvalue weighted by atomic mass is 32.2. The number of hydrogen-bond acceptors (Lipinski definition) is 5. The van der Waals surface area contributed by atoms with E-state index in [0.29, 0.717) is 32.1 Å². The van der Waals surface area contributed by atoms with Crippen molar-refractivity contribution in [3.63, 3.8) is 0 Å². The summed E-state index contributed by atoms with van der Waals surface area (Å²) in [4.78, 5) is 4.46. The molecular formula is C18H23N3O3S. The van der Waals surface area contributed by atoms with Crippen molar-refractivity contribution in [2.24, 2.45) is 0 Å². The number of piperidine rings is 1. The van der Waals surface area contributed by atoms with Crippen molar-refractivity contribution in [3.8, 4) is 5.75 Å². The second-order valence-electron chi connectivity index (χ2n) is 5.93. The Morgan fingerprint density at radius 3 is 2.48 bits per heavy atom. The Kier molecular flexibility index (Phi) is 5.88. The minimum absolute atomic E-state index is 0.250. The number of benzene rings is 1. The third-order valence-corrected chi connectivity index (χ3v) is 5.99. The molecule has 0 atom stereocenters. The van der Waals surface area contributed by atoms with Gasteiger partial charge in [0.25, 0.3) is 0 Å². The lowest BCUT2D eigenvalue weighted by molar-refractivity contribution is 0.332. The summed E-state index contributed by atoms with van der Waals surface area (Å²) in [6.07, 6.45) is 4.37. The Hall–Kier alpha value is -2.12. The molecule has 0 amide bonds. The van der Waals surface area contributed by atoms with Crippen LogP contribution in [0.5, 0.6) is 5.75 Å². The number of rotatable bonds is 7. The molecule has 0 saturated carbocycles. The van der Waals surface area contributed by atoms with E-state index in [2.05, 4.69) is 10.3 Å². The number of aromatic nitrogens is 1. The average Bonchev–Trinajstić information content (AvgIpc) is 2.67. The van der Waals surface area contributed by atoms with E-state index >= 15 is 0 Å². The molecule has 0 bridgehead atoms. The normalized spacial score (nSPS) is 15.7. The highest BCUT2D eigenvalue weighted by molar-refractivity contribution is 7.89. The standard InChI is InChI=1S/C18H23N3O3S/c22-25(23,21-12-5-2-6-13-21)17-9-10-18(20-15-17)19-11-14-24-16-7-3-1-4-8-16/h1,3-4,7-10,15H,2,5-6,11-14H2,(H,19,20). The summed E-state index contributed by atoms with van der Waals surface area (Å²) in [6.45, 7) is 2.28. The van der Waals surface area contributed by atoms with E-state index in [-0.39, 0.29) is 4.90 Å². The van der Waals surface area contributed by atoms with Crippen LogP contribution in [-0.2, 0) is 10.0 Å². The highest BCUT2D eigenvalue weighted by Gasteiger charge is 2.25. The molecule has 0 unspecified atom stereocenters. The molecule has 25 heavy (non-hydrogen) atoms. The van der Waals surface area contributed by atoms with E-state index in [0.717, 1.165) is 25.0 Å². The molecule has 7 heteroatoms. The summed E-state index contributed by atoms with van der Waals surface area (Å²) in [5, 5.41) is 3.13. The van der Waals surface area contributed by atoms with Crippen LogP contribution in [-0.4, -0.2) is 43.9 Å². The predicted octanol–water partition coefficient (Wildman–Crippen LogP) is 2.75. The summed E-state index contributed by atoms with van der Waals surface area (Å²) in [6, 6.07) is 12.9. The highest BCUT2D eigenvalue weighted by Crippen LogP contribution is 2.20. The van der Waals surface area contributed by atoms with Crippen LogP contribution in [0.3, 0.4) is 0 Å². The molecule has 1 N–H and O–H groups in total. The van der Waals surface area contributed by atoms with Crippen molar-refractivity contribution in [2.45, 2.75) is 24.2 Å². The molecule has 134 valence electrons. The Bertz CT molecular complexity index is 758. The van der Waals surface area contributed by atoms with Gasteiger partial charge in [-0.15, -0.1) is 0 Å². The third kappa shape index (κ3) is 4.70. The largest absolute Gasteiger partial charge is 0.492 e. The number of pyridine rings is 1. The van der Waals surface area contributed by atoms with Crippen LogP contribution >= 0.6 is 0 Å². The molecule has 1 aromatic heterocycles. The molecule has 1 aliphatic heterocycles. The van der Waals surface area contributed by atoms with E-state index in [1.54, 1.807) is 16.4 Å². The zero-order valence-electron chi connectivity index (χ0n) is 14.1. The van der Waals surface area contributed by atoms with Gasteiger partial charge in [0, 0.05) is 19.3 Å². The fourth-order valence-electron chi connectivity index (χ4n) is 2.76. The molecule has 2 aromatic rings. The van der Waals surface area contributed by atoms with Gasteiger partial charge >= 0.3 is 0 Å². The second kappa shape index (κ2) is 8.31. The van der Waals surface area contributed by atoms with Gasteiger partial charge in [0.2, 0.25) is 10.0 Å². The minimum Gasteiger partial charge on any atom is -0.492 e. The third-order valence-electron chi connectivity index (χ3n) is 4.11. The van der Waals surface area contributed by atoms with Crippen LogP contribution in [0.25, 0.3) is 0 Å². The smallest absolute Gasteiger partial charge is 0.244 e.